The molecular weight excluding hydrogens is 409 g/mol. The molecule has 1 aliphatic heterocycles. The number of imide groups is 1. The van der Waals surface area contributed by atoms with Crippen LogP contribution < -0.4 is 4.72 Å². The second-order valence-electron chi connectivity index (χ2n) is 6.82. The number of aryl methyl sites for hydroxylation is 1. The summed E-state index contributed by atoms with van der Waals surface area (Å²) in [5, 5.41) is 0. The van der Waals surface area contributed by atoms with E-state index < -0.39 is 27.7 Å². The molecule has 9 heteroatoms. The quantitative estimate of drug-likeness (QED) is 0.634. The Kier molecular flexibility index (Phi) is 4.83. The van der Waals surface area contributed by atoms with Crippen LogP contribution in [-0.4, -0.2) is 30.1 Å². The van der Waals surface area contributed by atoms with Crippen LogP contribution >= 0.6 is 0 Å². The van der Waals surface area contributed by atoms with Crippen molar-refractivity contribution in [2.24, 2.45) is 0 Å². The number of halogens is 1. The number of carbonyl (C=O) groups is 2. The van der Waals surface area contributed by atoms with E-state index in [9.17, 15) is 22.4 Å². The molecule has 0 atom stereocenters. The second-order valence-corrected chi connectivity index (χ2v) is 8.47. The van der Waals surface area contributed by atoms with Crippen LogP contribution in [0.1, 0.15) is 32.0 Å². The standard InChI is InChI=1S/C21H16FN3O4S/c1-13-4-8-16(9-5-13)24-30(28,29)18-11-15(22)7-6-14(18)12-25-20(26)17-3-2-10-23-19(17)21(25)27/h2-11,24H,12H2,1H3. The number of anilines is 1. The Bertz CT molecular complexity index is 1240. The van der Waals surface area contributed by atoms with Gasteiger partial charge in [0.15, 0.2) is 0 Å². The van der Waals surface area contributed by atoms with E-state index in [1.807, 2.05) is 6.92 Å². The molecule has 4 rings (SSSR count). The number of nitrogens with one attached hydrogen (secondary N) is 1. The lowest BCUT2D eigenvalue weighted by Crippen LogP contribution is -2.30. The fraction of sp³-hybridized carbons (Fsp3) is 0.0952. The van der Waals surface area contributed by atoms with Gasteiger partial charge in [-0.05, 0) is 48.9 Å². The minimum atomic E-state index is -4.18. The Hall–Kier alpha value is -3.59. The summed E-state index contributed by atoms with van der Waals surface area (Å²) in [5.74, 6) is -1.97. The number of rotatable bonds is 5. The molecule has 7 nitrogen and oxygen atoms in total. The van der Waals surface area contributed by atoms with Crippen molar-refractivity contribution in [3.63, 3.8) is 0 Å². The number of fused-ring (bicyclic) bond motifs is 1. The van der Waals surface area contributed by atoms with Gasteiger partial charge in [-0.25, -0.2) is 12.8 Å². The van der Waals surface area contributed by atoms with Crippen molar-refractivity contribution in [3.05, 3.63) is 89.0 Å². The fourth-order valence-electron chi connectivity index (χ4n) is 3.17. The van der Waals surface area contributed by atoms with Crippen LogP contribution in [-0.2, 0) is 16.6 Å². The Labute approximate surface area is 172 Å². The van der Waals surface area contributed by atoms with Crippen LogP contribution in [0.3, 0.4) is 0 Å². The van der Waals surface area contributed by atoms with E-state index in [1.165, 1.54) is 24.4 Å². The molecule has 152 valence electrons. The van der Waals surface area contributed by atoms with Crippen molar-refractivity contribution in [2.45, 2.75) is 18.4 Å². The first-order valence-corrected chi connectivity index (χ1v) is 10.4. The summed E-state index contributed by atoms with van der Waals surface area (Å²) in [4.78, 5) is 29.6. The Morgan fingerprint density at radius 2 is 1.77 bits per heavy atom. The third-order valence-corrected chi connectivity index (χ3v) is 6.15. The van der Waals surface area contributed by atoms with Gasteiger partial charge in [-0.3, -0.25) is 24.2 Å². The molecule has 2 amide bonds. The van der Waals surface area contributed by atoms with Crippen molar-refractivity contribution in [3.8, 4) is 0 Å². The molecular formula is C21H16FN3O4S. The number of aromatic nitrogens is 1. The summed E-state index contributed by atoms with van der Waals surface area (Å²) in [6, 6.07) is 12.8. The Morgan fingerprint density at radius 3 is 2.47 bits per heavy atom. The highest BCUT2D eigenvalue weighted by Crippen LogP contribution is 2.27. The summed E-state index contributed by atoms with van der Waals surface area (Å²) < 4.78 is 42.2. The highest BCUT2D eigenvalue weighted by molar-refractivity contribution is 7.92. The van der Waals surface area contributed by atoms with Crippen LogP contribution in [0.4, 0.5) is 10.1 Å². The minimum absolute atomic E-state index is 0.00630. The van der Waals surface area contributed by atoms with Gasteiger partial charge in [0.25, 0.3) is 21.8 Å². The highest BCUT2D eigenvalue weighted by Gasteiger charge is 2.37. The average Bonchev–Trinajstić information content (AvgIpc) is 2.96. The smallest absolute Gasteiger partial charge is 0.280 e. The van der Waals surface area contributed by atoms with Crippen LogP contribution in [0, 0.1) is 12.7 Å². The number of pyridine rings is 1. The number of amides is 2. The molecule has 2 aromatic carbocycles. The van der Waals surface area contributed by atoms with Gasteiger partial charge in [-0.15, -0.1) is 0 Å². The second kappa shape index (κ2) is 7.34. The van der Waals surface area contributed by atoms with Gasteiger partial charge in [-0.2, -0.15) is 0 Å². The Balaban J connectivity index is 1.68. The predicted octanol–water partition coefficient (Wildman–Crippen LogP) is 3.13. The number of hydrogen-bond donors (Lipinski definition) is 1. The predicted molar refractivity (Wildman–Crippen MR) is 107 cm³/mol. The molecule has 0 radical (unpaired) electrons. The largest absolute Gasteiger partial charge is 0.280 e. The van der Waals surface area contributed by atoms with Gasteiger partial charge in [0, 0.05) is 11.9 Å². The van der Waals surface area contributed by atoms with Gasteiger partial charge in [-0.1, -0.05) is 23.8 Å². The van der Waals surface area contributed by atoms with E-state index in [0.29, 0.717) is 5.69 Å². The lowest BCUT2D eigenvalue weighted by Gasteiger charge is -2.17. The number of hydrogen-bond acceptors (Lipinski definition) is 5. The summed E-state index contributed by atoms with van der Waals surface area (Å²) in [5.41, 5.74) is 1.51. The normalized spacial score (nSPS) is 13.5. The lowest BCUT2D eigenvalue weighted by atomic mass is 10.2. The van der Waals surface area contributed by atoms with Crippen molar-refractivity contribution in [1.29, 1.82) is 0 Å². The lowest BCUT2D eigenvalue weighted by molar-refractivity contribution is 0.0639. The third-order valence-electron chi connectivity index (χ3n) is 4.68. The van der Waals surface area contributed by atoms with E-state index in [2.05, 4.69) is 9.71 Å². The first kappa shape index (κ1) is 19.7. The van der Waals surface area contributed by atoms with Crippen molar-refractivity contribution in [2.75, 3.05) is 4.72 Å². The summed E-state index contributed by atoms with van der Waals surface area (Å²) in [7, 11) is -4.18. The van der Waals surface area contributed by atoms with Gasteiger partial charge in [0.1, 0.15) is 11.5 Å². The third kappa shape index (κ3) is 3.55. The maximum Gasteiger partial charge on any atom is 0.280 e. The van der Waals surface area contributed by atoms with Crippen molar-refractivity contribution in [1.82, 2.24) is 9.88 Å². The molecule has 0 unspecified atom stereocenters. The minimum Gasteiger partial charge on any atom is -0.280 e. The number of carbonyl (C=O) groups excluding carboxylic acids is 2. The highest BCUT2D eigenvalue weighted by atomic mass is 32.2. The maximum atomic E-state index is 13.9. The zero-order valence-corrected chi connectivity index (χ0v) is 16.6. The number of sulfonamides is 1. The van der Waals surface area contributed by atoms with Gasteiger partial charge in [0.05, 0.1) is 17.0 Å². The van der Waals surface area contributed by atoms with E-state index >= 15 is 0 Å². The van der Waals surface area contributed by atoms with E-state index in [1.54, 1.807) is 24.3 Å². The van der Waals surface area contributed by atoms with E-state index in [-0.39, 0.29) is 28.3 Å². The van der Waals surface area contributed by atoms with Crippen molar-refractivity contribution < 1.29 is 22.4 Å². The summed E-state index contributed by atoms with van der Waals surface area (Å²) in [6.45, 7) is 1.53. The fourth-order valence-corrected chi connectivity index (χ4v) is 4.47. The summed E-state index contributed by atoms with van der Waals surface area (Å²) in [6.07, 6.45) is 1.40. The van der Waals surface area contributed by atoms with E-state index in [0.717, 1.165) is 22.6 Å². The number of nitrogens with zero attached hydrogens (tertiary/aromatic N) is 2. The topological polar surface area (TPSA) is 96.4 Å². The van der Waals surface area contributed by atoms with Crippen LogP contribution in [0.2, 0.25) is 0 Å². The van der Waals surface area contributed by atoms with Gasteiger partial charge in [0.2, 0.25) is 0 Å². The SMILES string of the molecule is Cc1ccc(NS(=O)(=O)c2cc(F)ccc2CN2C(=O)c3cccnc3C2=O)cc1. The molecule has 0 spiro atoms. The zero-order valence-electron chi connectivity index (χ0n) is 15.8. The van der Waals surface area contributed by atoms with Gasteiger partial charge >= 0.3 is 0 Å². The van der Waals surface area contributed by atoms with Crippen LogP contribution in [0.5, 0.6) is 0 Å². The first-order valence-electron chi connectivity index (χ1n) is 8.95. The maximum absolute atomic E-state index is 13.9. The molecule has 1 N–H and O–H groups in total. The summed E-state index contributed by atoms with van der Waals surface area (Å²) >= 11 is 0. The molecule has 0 bridgehead atoms. The van der Waals surface area contributed by atoms with E-state index in [4.69, 9.17) is 0 Å². The molecule has 0 saturated carbocycles. The molecule has 0 fully saturated rings. The monoisotopic (exact) mass is 425 g/mol. The molecule has 30 heavy (non-hydrogen) atoms. The molecule has 0 saturated heterocycles. The zero-order chi connectivity index (χ0) is 21.5. The molecule has 2 heterocycles. The molecule has 3 aromatic rings. The van der Waals surface area contributed by atoms with Crippen LogP contribution in [0.25, 0.3) is 0 Å². The van der Waals surface area contributed by atoms with Crippen molar-refractivity contribution >= 4 is 27.5 Å². The average molecular weight is 425 g/mol. The molecule has 1 aliphatic rings. The van der Waals surface area contributed by atoms with Crippen LogP contribution in [0.15, 0.2) is 65.7 Å². The Morgan fingerprint density at radius 1 is 1.03 bits per heavy atom. The van der Waals surface area contributed by atoms with Gasteiger partial charge < -0.3 is 0 Å². The first-order chi connectivity index (χ1) is 14.3. The number of benzene rings is 2. The molecule has 1 aromatic heterocycles. The molecule has 0 aliphatic carbocycles.